The molecule has 0 bridgehead atoms. The number of carbonyl (C=O) groups is 2. The Labute approximate surface area is 134 Å². The molecule has 2 N–H and O–H groups in total. The van der Waals surface area contributed by atoms with Gasteiger partial charge in [-0.05, 0) is 31.5 Å². The second-order valence-electron chi connectivity index (χ2n) is 5.82. The molecule has 6 nitrogen and oxygen atoms in total. The number of primary amides is 1. The second-order valence-corrected chi connectivity index (χ2v) is 5.82. The number of rotatable bonds is 3. The van der Waals surface area contributed by atoms with Crippen molar-refractivity contribution < 1.29 is 14.3 Å². The summed E-state index contributed by atoms with van der Waals surface area (Å²) < 4.78 is 5.20. The number of likely N-dealkylation sites (tertiary alicyclic amines) is 1. The molecule has 2 aromatic rings. The highest BCUT2D eigenvalue weighted by Crippen LogP contribution is 2.24. The summed E-state index contributed by atoms with van der Waals surface area (Å²) in [6.45, 7) is 2.74. The van der Waals surface area contributed by atoms with E-state index in [2.05, 4.69) is 4.98 Å². The topological polar surface area (TPSA) is 85.5 Å². The van der Waals surface area contributed by atoms with Gasteiger partial charge in [-0.2, -0.15) is 0 Å². The summed E-state index contributed by atoms with van der Waals surface area (Å²) in [5.41, 5.74) is 7.34. The van der Waals surface area contributed by atoms with Crippen LogP contribution < -0.4 is 10.5 Å². The molecule has 0 saturated carbocycles. The van der Waals surface area contributed by atoms with Gasteiger partial charge in [0.1, 0.15) is 5.75 Å². The van der Waals surface area contributed by atoms with Crippen LogP contribution in [-0.2, 0) is 4.79 Å². The molecule has 120 valence electrons. The molecule has 0 radical (unpaired) electrons. The summed E-state index contributed by atoms with van der Waals surface area (Å²) in [5, 5.41) is 0.880. The van der Waals surface area contributed by atoms with Crippen LogP contribution in [0.3, 0.4) is 0 Å². The third-order valence-corrected chi connectivity index (χ3v) is 4.32. The number of methoxy groups -OCH3 is 1. The van der Waals surface area contributed by atoms with Crippen LogP contribution in [0.1, 0.15) is 22.5 Å². The maximum Gasteiger partial charge on any atom is 0.255 e. The lowest BCUT2D eigenvalue weighted by Gasteiger charge is -2.17. The van der Waals surface area contributed by atoms with E-state index in [1.165, 1.54) is 0 Å². The first kappa shape index (κ1) is 15.3. The Kier molecular flexibility index (Phi) is 3.90. The maximum atomic E-state index is 12.7. The van der Waals surface area contributed by atoms with Gasteiger partial charge in [-0.15, -0.1) is 0 Å². The summed E-state index contributed by atoms with van der Waals surface area (Å²) in [7, 11) is 1.61. The summed E-state index contributed by atoms with van der Waals surface area (Å²) in [6, 6.07) is 7.41. The number of nitrogens with zero attached hydrogens (tertiary/aromatic N) is 2. The molecule has 0 unspecified atom stereocenters. The molecule has 3 rings (SSSR count). The first-order valence-corrected chi connectivity index (χ1v) is 7.53. The van der Waals surface area contributed by atoms with Crippen LogP contribution in [-0.4, -0.2) is 41.9 Å². The van der Waals surface area contributed by atoms with Gasteiger partial charge in [-0.1, -0.05) is 0 Å². The van der Waals surface area contributed by atoms with Gasteiger partial charge < -0.3 is 15.4 Å². The van der Waals surface area contributed by atoms with Crippen molar-refractivity contribution >= 4 is 22.7 Å². The first-order valence-electron chi connectivity index (χ1n) is 7.53. The van der Waals surface area contributed by atoms with Crippen LogP contribution in [0.15, 0.2) is 24.3 Å². The van der Waals surface area contributed by atoms with Gasteiger partial charge in [0, 0.05) is 24.5 Å². The molecular weight excluding hydrogens is 294 g/mol. The number of hydrogen-bond donors (Lipinski definition) is 1. The van der Waals surface area contributed by atoms with Crippen LogP contribution in [0.2, 0.25) is 0 Å². The van der Waals surface area contributed by atoms with Gasteiger partial charge >= 0.3 is 0 Å². The predicted molar refractivity (Wildman–Crippen MR) is 86.2 cm³/mol. The minimum atomic E-state index is -0.347. The number of ether oxygens (including phenoxy) is 1. The van der Waals surface area contributed by atoms with Crippen molar-refractivity contribution in [1.29, 1.82) is 0 Å². The van der Waals surface area contributed by atoms with Crippen LogP contribution in [0, 0.1) is 12.8 Å². The molecule has 1 aromatic heterocycles. The molecule has 0 aliphatic carbocycles. The molecule has 1 aliphatic rings. The molecule has 1 fully saturated rings. The SMILES string of the molecule is COc1ccc2cc(C(=O)N3CC[C@H](C(N)=O)C3)c(C)nc2c1. The molecule has 1 aliphatic heterocycles. The highest BCUT2D eigenvalue weighted by atomic mass is 16.5. The van der Waals surface area contributed by atoms with Crippen molar-refractivity contribution in [3.8, 4) is 5.75 Å². The van der Waals surface area contributed by atoms with E-state index in [0.29, 0.717) is 30.8 Å². The van der Waals surface area contributed by atoms with E-state index in [4.69, 9.17) is 10.5 Å². The lowest BCUT2D eigenvalue weighted by molar-refractivity contribution is -0.121. The van der Waals surface area contributed by atoms with Crippen molar-refractivity contribution in [3.63, 3.8) is 0 Å². The normalized spacial score (nSPS) is 17.5. The fraction of sp³-hybridized carbons (Fsp3) is 0.353. The van der Waals surface area contributed by atoms with Gasteiger partial charge in [0.2, 0.25) is 5.91 Å². The zero-order chi connectivity index (χ0) is 16.6. The standard InChI is InChI=1S/C17H19N3O3/c1-10-14(17(22)20-6-5-12(9-20)16(18)21)7-11-3-4-13(23-2)8-15(11)19-10/h3-4,7-8,12H,5-6,9H2,1-2H3,(H2,18,21)/t12-/m0/s1. The molecular formula is C17H19N3O3. The van der Waals surface area contributed by atoms with Gasteiger partial charge in [0.15, 0.2) is 0 Å². The van der Waals surface area contributed by atoms with E-state index in [-0.39, 0.29) is 17.7 Å². The molecule has 1 saturated heterocycles. The monoisotopic (exact) mass is 313 g/mol. The van der Waals surface area contributed by atoms with E-state index in [1.54, 1.807) is 12.0 Å². The van der Waals surface area contributed by atoms with E-state index in [9.17, 15) is 9.59 Å². The zero-order valence-electron chi connectivity index (χ0n) is 13.2. The lowest BCUT2D eigenvalue weighted by atomic mass is 10.1. The Morgan fingerprint density at radius 2 is 2.13 bits per heavy atom. The van der Waals surface area contributed by atoms with Gasteiger partial charge in [0.25, 0.3) is 5.91 Å². The Morgan fingerprint density at radius 1 is 1.35 bits per heavy atom. The van der Waals surface area contributed by atoms with Crippen LogP contribution in [0.25, 0.3) is 10.9 Å². The van der Waals surface area contributed by atoms with E-state index in [0.717, 1.165) is 16.7 Å². The third kappa shape index (κ3) is 2.84. The van der Waals surface area contributed by atoms with E-state index >= 15 is 0 Å². The summed E-state index contributed by atoms with van der Waals surface area (Å²) in [6.07, 6.45) is 0.623. The number of carbonyl (C=O) groups excluding carboxylic acids is 2. The molecule has 0 spiro atoms. The van der Waals surface area contributed by atoms with Gasteiger partial charge in [0.05, 0.1) is 29.8 Å². The second kappa shape index (κ2) is 5.87. The first-order chi connectivity index (χ1) is 11.0. The highest BCUT2D eigenvalue weighted by molar-refractivity contribution is 5.99. The number of hydrogen-bond acceptors (Lipinski definition) is 4. The Balaban J connectivity index is 1.92. The van der Waals surface area contributed by atoms with Crippen molar-refractivity contribution in [1.82, 2.24) is 9.88 Å². The molecule has 2 amide bonds. The summed E-state index contributed by atoms with van der Waals surface area (Å²) in [5.74, 6) is 0.0291. The van der Waals surface area contributed by atoms with Crippen molar-refractivity contribution in [3.05, 3.63) is 35.5 Å². The fourth-order valence-electron chi connectivity index (χ4n) is 2.93. The van der Waals surface area contributed by atoms with E-state index in [1.807, 2.05) is 31.2 Å². The highest BCUT2D eigenvalue weighted by Gasteiger charge is 2.31. The number of benzene rings is 1. The smallest absolute Gasteiger partial charge is 0.255 e. The summed E-state index contributed by atoms with van der Waals surface area (Å²) >= 11 is 0. The number of aromatic nitrogens is 1. The van der Waals surface area contributed by atoms with Crippen LogP contribution >= 0.6 is 0 Å². The van der Waals surface area contributed by atoms with E-state index < -0.39 is 0 Å². The van der Waals surface area contributed by atoms with Crippen molar-refractivity contribution in [2.24, 2.45) is 11.7 Å². The maximum absolute atomic E-state index is 12.7. The fourth-order valence-corrected chi connectivity index (χ4v) is 2.93. The molecule has 23 heavy (non-hydrogen) atoms. The minimum absolute atomic E-state index is 0.100. The number of pyridine rings is 1. The molecule has 2 heterocycles. The molecule has 1 aromatic carbocycles. The number of fused-ring (bicyclic) bond motifs is 1. The minimum Gasteiger partial charge on any atom is -0.497 e. The van der Waals surface area contributed by atoms with Crippen molar-refractivity contribution in [2.75, 3.05) is 20.2 Å². The number of aryl methyl sites for hydroxylation is 1. The quantitative estimate of drug-likeness (QED) is 0.930. The number of amides is 2. The molecule has 6 heteroatoms. The summed E-state index contributed by atoms with van der Waals surface area (Å²) in [4.78, 5) is 30.2. The molecule has 1 atom stereocenters. The van der Waals surface area contributed by atoms with Crippen LogP contribution in [0.4, 0.5) is 0 Å². The average Bonchev–Trinajstić information content (AvgIpc) is 3.03. The van der Waals surface area contributed by atoms with Crippen molar-refractivity contribution in [2.45, 2.75) is 13.3 Å². The third-order valence-electron chi connectivity index (χ3n) is 4.32. The lowest BCUT2D eigenvalue weighted by Crippen LogP contribution is -2.32. The Bertz CT molecular complexity index is 788. The number of nitrogens with two attached hydrogens (primary N) is 1. The Morgan fingerprint density at radius 3 is 2.78 bits per heavy atom. The van der Waals surface area contributed by atoms with Gasteiger partial charge in [-0.25, -0.2) is 0 Å². The average molecular weight is 313 g/mol. The van der Waals surface area contributed by atoms with Gasteiger partial charge in [-0.3, -0.25) is 14.6 Å². The largest absolute Gasteiger partial charge is 0.497 e. The predicted octanol–water partition coefficient (Wildman–Crippen LogP) is 1.50. The Hall–Kier alpha value is -2.63. The van der Waals surface area contributed by atoms with Crippen LogP contribution in [0.5, 0.6) is 5.75 Å². The zero-order valence-corrected chi connectivity index (χ0v) is 13.2.